The molecule has 3 rings (SSSR count). The highest BCUT2D eigenvalue weighted by Gasteiger charge is 2.33. The van der Waals surface area contributed by atoms with Gasteiger partial charge in [0.25, 0.3) is 0 Å². The third kappa shape index (κ3) is 4.14. The van der Waals surface area contributed by atoms with Crippen molar-refractivity contribution in [3.05, 3.63) is 35.9 Å². The Hall–Kier alpha value is -1.89. The first-order chi connectivity index (χ1) is 11.4. The number of benzene rings is 1. The van der Waals surface area contributed by atoms with E-state index < -0.39 is 9.84 Å². The molecule has 1 atom stereocenters. The van der Waals surface area contributed by atoms with Gasteiger partial charge in [-0.25, -0.2) is 8.42 Å². The second-order valence-corrected chi connectivity index (χ2v) is 8.87. The smallest absolute Gasteiger partial charge is 0.242 e. The summed E-state index contributed by atoms with van der Waals surface area (Å²) in [5.41, 5.74) is 1.20. The van der Waals surface area contributed by atoms with Crippen molar-refractivity contribution in [1.29, 1.82) is 0 Å². The maximum atomic E-state index is 12.3. The zero-order valence-corrected chi connectivity index (χ0v) is 14.4. The molecule has 2 heterocycles. The highest BCUT2D eigenvalue weighted by Crippen LogP contribution is 2.22. The predicted molar refractivity (Wildman–Crippen MR) is 90.1 cm³/mol. The standard InChI is InChI=1S/C17H22N2O4S/c20-16-11-15(10-14-4-2-1-3-5-14)12-19(16)13-17(21)18-6-8-24(22,23)9-7-18/h1-5,15H,6-13H2. The summed E-state index contributed by atoms with van der Waals surface area (Å²) in [5, 5.41) is 0. The minimum Gasteiger partial charge on any atom is -0.339 e. The van der Waals surface area contributed by atoms with Crippen LogP contribution in [0.1, 0.15) is 12.0 Å². The normalized spacial score (nSPS) is 23.5. The molecule has 6 nitrogen and oxygen atoms in total. The number of carbonyl (C=O) groups excluding carboxylic acids is 2. The zero-order valence-electron chi connectivity index (χ0n) is 13.6. The van der Waals surface area contributed by atoms with E-state index in [1.54, 1.807) is 9.80 Å². The SMILES string of the molecule is O=C(CN1CC(Cc2ccccc2)CC1=O)N1CCS(=O)(=O)CC1. The molecule has 7 heteroatoms. The molecule has 24 heavy (non-hydrogen) atoms. The number of sulfone groups is 1. The average molecular weight is 350 g/mol. The third-order valence-electron chi connectivity index (χ3n) is 4.69. The molecule has 1 aromatic rings. The maximum absolute atomic E-state index is 12.3. The van der Waals surface area contributed by atoms with Crippen molar-refractivity contribution in [3.63, 3.8) is 0 Å². The van der Waals surface area contributed by atoms with E-state index in [0.29, 0.717) is 13.0 Å². The summed E-state index contributed by atoms with van der Waals surface area (Å²) >= 11 is 0. The highest BCUT2D eigenvalue weighted by atomic mass is 32.2. The molecule has 0 aromatic heterocycles. The maximum Gasteiger partial charge on any atom is 0.242 e. The molecule has 2 amide bonds. The second kappa shape index (κ2) is 6.93. The minimum atomic E-state index is -3.01. The van der Waals surface area contributed by atoms with E-state index in [1.165, 1.54) is 5.56 Å². The van der Waals surface area contributed by atoms with Gasteiger partial charge in [-0.15, -0.1) is 0 Å². The number of likely N-dealkylation sites (tertiary alicyclic amines) is 1. The molecule has 2 aliphatic rings. The third-order valence-corrected chi connectivity index (χ3v) is 6.29. The van der Waals surface area contributed by atoms with Crippen molar-refractivity contribution in [2.45, 2.75) is 12.8 Å². The van der Waals surface area contributed by atoms with Gasteiger partial charge >= 0.3 is 0 Å². The van der Waals surface area contributed by atoms with Gasteiger partial charge in [-0.1, -0.05) is 30.3 Å². The molecule has 0 aliphatic carbocycles. The van der Waals surface area contributed by atoms with Crippen LogP contribution in [0.2, 0.25) is 0 Å². The van der Waals surface area contributed by atoms with Crippen LogP contribution in [0, 0.1) is 5.92 Å². The molecule has 130 valence electrons. The predicted octanol–water partition coefficient (Wildman–Crippen LogP) is 0.335. The molecule has 0 spiro atoms. The summed E-state index contributed by atoms with van der Waals surface area (Å²) in [6.45, 7) is 1.11. The van der Waals surface area contributed by atoms with Gasteiger partial charge < -0.3 is 9.80 Å². The van der Waals surface area contributed by atoms with E-state index in [0.717, 1.165) is 6.42 Å². The summed E-state index contributed by atoms with van der Waals surface area (Å²) in [6.07, 6.45) is 1.30. The zero-order chi connectivity index (χ0) is 17.2. The second-order valence-electron chi connectivity index (χ2n) is 6.57. The van der Waals surface area contributed by atoms with Crippen molar-refractivity contribution in [1.82, 2.24) is 9.80 Å². The van der Waals surface area contributed by atoms with Crippen molar-refractivity contribution in [3.8, 4) is 0 Å². The lowest BCUT2D eigenvalue weighted by molar-refractivity contribution is -0.138. The molecule has 0 N–H and O–H groups in total. The Balaban J connectivity index is 1.52. The average Bonchev–Trinajstić information content (AvgIpc) is 2.87. The fourth-order valence-electron chi connectivity index (χ4n) is 3.32. The number of carbonyl (C=O) groups is 2. The van der Waals surface area contributed by atoms with Crippen LogP contribution in [-0.2, 0) is 25.8 Å². The number of nitrogens with zero attached hydrogens (tertiary/aromatic N) is 2. The summed E-state index contributed by atoms with van der Waals surface area (Å²) in [5.74, 6) is 0.120. The van der Waals surface area contributed by atoms with E-state index in [-0.39, 0.29) is 48.9 Å². The fourth-order valence-corrected chi connectivity index (χ4v) is 4.52. The summed E-state index contributed by atoms with van der Waals surface area (Å²) in [7, 11) is -3.01. The van der Waals surface area contributed by atoms with Crippen LogP contribution >= 0.6 is 0 Å². The lowest BCUT2D eigenvalue weighted by Gasteiger charge is -2.28. The van der Waals surface area contributed by atoms with Crippen LogP contribution in [0.3, 0.4) is 0 Å². The van der Waals surface area contributed by atoms with E-state index >= 15 is 0 Å². The molecule has 2 aliphatic heterocycles. The first-order valence-electron chi connectivity index (χ1n) is 8.23. The van der Waals surface area contributed by atoms with Gasteiger partial charge in [0.1, 0.15) is 0 Å². The van der Waals surface area contributed by atoms with Crippen molar-refractivity contribution in [2.24, 2.45) is 5.92 Å². The Bertz CT molecular complexity index is 703. The van der Waals surface area contributed by atoms with Crippen LogP contribution in [0.15, 0.2) is 30.3 Å². The number of amides is 2. The van der Waals surface area contributed by atoms with E-state index in [9.17, 15) is 18.0 Å². The molecule has 2 saturated heterocycles. The topological polar surface area (TPSA) is 74.8 Å². The Labute approximate surface area is 142 Å². The van der Waals surface area contributed by atoms with Crippen LogP contribution in [-0.4, -0.2) is 67.7 Å². The summed E-state index contributed by atoms with van der Waals surface area (Å²) in [6, 6.07) is 10.0. The molecule has 2 fully saturated rings. The van der Waals surface area contributed by atoms with E-state index in [2.05, 4.69) is 0 Å². The van der Waals surface area contributed by atoms with Gasteiger partial charge in [0.15, 0.2) is 9.84 Å². The molecule has 0 radical (unpaired) electrons. The van der Waals surface area contributed by atoms with Crippen LogP contribution < -0.4 is 0 Å². The van der Waals surface area contributed by atoms with Gasteiger partial charge in [0.2, 0.25) is 11.8 Å². The van der Waals surface area contributed by atoms with Crippen LogP contribution in [0.4, 0.5) is 0 Å². The number of rotatable bonds is 4. The van der Waals surface area contributed by atoms with Crippen LogP contribution in [0.25, 0.3) is 0 Å². The van der Waals surface area contributed by atoms with Gasteiger partial charge in [0.05, 0.1) is 18.1 Å². The lowest BCUT2D eigenvalue weighted by Crippen LogP contribution is -2.47. The van der Waals surface area contributed by atoms with Gasteiger partial charge in [-0.3, -0.25) is 9.59 Å². The molecule has 1 unspecified atom stereocenters. The van der Waals surface area contributed by atoms with Crippen molar-refractivity contribution < 1.29 is 18.0 Å². The van der Waals surface area contributed by atoms with Crippen molar-refractivity contribution in [2.75, 3.05) is 37.7 Å². The Morgan fingerprint density at radius 3 is 2.46 bits per heavy atom. The fraction of sp³-hybridized carbons (Fsp3) is 0.529. The summed E-state index contributed by atoms with van der Waals surface area (Å²) in [4.78, 5) is 27.6. The Morgan fingerprint density at radius 1 is 1.12 bits per heavy atom. The molecule has 0 bridgehead atoms. The van der Waals surface area contributed by atoms with Crippen LogP contribution in [0.5, 0.6) is 0 Å². The van der Waals surface area contributed by atoms with Crippen molar-refractivity contribution >= 4 is 21.7 Å². The summed E-state index contributed by atoms with van der Waals surface area (Å²) < 4.78 is 22.9. The molecule has 1 aromatic carbocycles. The van der Waals surface area contributed by atoms with Gasteiger partial charge in [-0.05, 0) is 17.9 Å². The van der Waals surface area contributed by atoms with E-state index in [1.807, 2.05) is 30.3 Å². The highest BCUT2D eigenvalue weighted by molar-refractivity contribution is 7.91. The van der Waals surface area contributed by atoms with Gasteiger partial charge in [0, 0.05) is 26.1 Å². The lowest BCUT2D eigenvalue weighted by atomic mass is 9.99. The quantitative estimate of drug-likeness (QED) is 0.785. The largest absolute Gasteiger partial charge is 0.339 e. The molecular weight excluding hydrogens is 328 g/mol. The van der Waals surface area contributed by atoms with E-state index in [4.69, 9.17) is 0 Å². The Morgan fingerprint density at radius 2 is 1.79 bits per heavy atom. The Kier molecular flexibility index (Phi) is 4.89. The van der Waals surface area contributed by atoms with Gasteiger partial charge in [-0.2, -0.15) is 0 Å². The number of hydrogen-bond acceptors (Lipinski definition) is 4. The first kappa shape index (κ1) is 17.0. The monoisotopic (exact) mass is 350 g/mol. The first-order valence-corrected chi connectivity index (χ1v) is 10.0. The minimum absolute atomic E-state index is 0.00825. The molecule has 0 saturated carbocycles. The number of hydrogen-bond donors (Lipinski definition) is 0. The molecular formula is C17H22N2O4S.